The van der Waals surface area contributed by atoms with E-state index in [9.17, 15) is 4.79 Å². The van der Waals surface area contributed by atoms with Crippen LogP contribution in [0.2, 0.25) is 0 Å². The van der Waals surface area contributed by atoms with Crippen molar-refractivity contribution >= 4 is 5.97 Å². The van der Waals surface area contributed by atoms with Crippen LogP contribution in [0.15, 0.2) is 18.2 Å². The van der Waals surface area contributed by atoms with E-state index in [1.54, 1.807) is 19.2 Å². The second kappa shape index (κ2) is 6.26. The minimum absolute atomic E-state index is 0.0420. The van der Waals surface area contributed by atoms with Crippen LogP contribution < -0.4 is 15.2 Å². The zero-order valence-corrected chi connectivity index (χ0v) is 10.8. The van der Waals surface area contributed by atoms with Crippen LogP contribution in [0.25, 0.3) is 0 Å². The van der Waals surface area contributed by atoms with Crippen LogP contribution in [0.4, 0.5) is 0 Å². The zero-order valence-electron chi connectivity index (χ0n) is 10.8. The Balaban J connectivity index is 2.98. The third-order valence-electron chi connectivity index (χ3n) is 2.46. The zero-order chi connectivity index (χ0) is 13.7. The van der Waals surface area contributed by atoms with Crippen molar-refractivity contribution in [1.82, 2.24) is 0 Å². The van der Waals surface area contributed by atoms with Gasteiger partial charge in [0.2, 0.25) is 0 Å². The van der Waals surface area contributed by atoms with Crippen molar-refractivity contribution in [2.24, 2.45) is 5.73 Å². The quantitative estimate of drug-likeness (QED) is 0.801. The summed E-state index contributed by atoms with van der Waals surface area (Å²) in [5, 5.41) is 8.84. The first-order valence-corrected chi connectivity index (χ1v) is 5.76. The lowest BCUT2D eigenvalue weighted by Gasteiger charge is -2.16. The largest absolute Gasteiger partial charge is 0.497 e. The first-order valence-electron chi connectivity index (χ1n) is 5.76. The average Bonchev–Trinajstić information content (AvgIpc) is 2.30. The molecular formula is C13H19NO4. The topological polar surface area (TPSA) is 81.8 Å². The van der Waals surface area contributed by atoms with Crippen LogP contribution in [-0.4, -0.2) is 30.3 Å². The van der Waals surface area contributed by atoms with Gasteiger partial charge in [-0.1, -0.05) is 0 Å². The van der Waals surface area contributed by atoms with Gasteiger partial charge >= 0.3 is 5.97 Å². The Labute approximate surface area is 107 Å². The lowest BCUT2D eigenvalue weighted by molar-refractivity contribution is -0.144. The van der Waals surface area contributed by atoms with Gasteiger partial charge in [0.25, 0.3) is 0 Å². The summed E-state index contributed by atoms with van der Waals surface area (Å²) in [7, 11) is 1.57. The lowest BCUT2D eigenvalue weighted by Crippen LogP contribution is -2.24. The highest BCUT2D eigenvalue weighted by Crippen LogP contribution is 2.26. The van der Waals surface area contributed by atoms with Crippen molar-refractivity contribution in [2.75, 3.05) is 7.11 Å². The van der Waals surface area contributed by atoms with Gasteiger partial charge in [0.05, 0.1) is 7.11 Å². The molecule has 3 N–H and O–H groups in total. The Hall–Kier alpha value is -1.75. The Kier molecular flexibility index (Phi) is 4.97. The van der Waals surface area contributed by atoms with E-state index in [4.69, 9.17) is 20.3 Å². The fourth-order valence-corrected chi connectivity index (χ4v) is 1.55. The normalized spacial score (nSPS) is 13.8. The van der Waals surface area contributed by atoms with Crippen LogP contribution in [-0.2, 0) is 11.2 Å². The standard InChI is InChI=1S/C13H19NO4/c1-8(14)6-10-7-11(17-3)4-5-12(10)18-9(2)13(15)16/h4-5,7-9H,6,14H2,1-3H3,(H,15,16). The predicted octanol–water partition coefficient (Wildman–Crippen LogP) is 1.44. The van der Waals surface area contributed by atoms with E-state index in [-0.39, 0.29) is 6.04 Å². The van der Waals surface area contributed by atoms with Crippen molar-refractivity contribution in [3.05, 3.63) is 23.8 Å². The van der Waals surface area contributed by atoms with Gasteiger partial charge in [-0.3, -0.25) is 0 Å². The van der Waals surface area contributed by atoms with Gasteiger partial charge < -0.3 is 20.3 Å². The summed E-state index contributed by atoms with van der Waals surface area (Å²) in [6, 6.07) is 5.21. The van der Waals surface area contributed by atoms with Crippen LogP contribution >= 0.6 is 0 Å². The molecule has 0 fully saturated rings. The van der Waals surface area contributed by atoms with E-state index in [0.29, 0.717) is 17.9 Å². The van der Waals surface area contributed by atoms with Gasteiger partial charge in [0, 0.05) is 6.04 Å². The Morgan fingerprint density at radius 3 is 2.61 bits per heavy atom. The molecule has 5 nitrogen and oxygen atoms in total. The summed E-state index contributed by atoms with van der Waals surface area (Å²) in [5.41, 5.74) is 6.61. The molecule has 5 heteroatoms. The molecule has 1 rings (SSSR count). The number of carbonyl (C=O) groups is 1. The summed E-state index contributed by atoms with van der Waals surface area (Å²) in [6.07, 6.45) is -0.302. The summed E-state index contributed by atoms with van der Waals surface area (Å²) in [6.45, 7) is 3.37. The van der Waals surface area contributed by atoms with E-state index >= 15 is 0 Å². The minimum atomic E-state index is -1.00. The summed E-state index contributed by atoms with van der Waals surface area (Å²) in [5.74, 6) is 0.224. The molecule has 1 aromatic carbocycles. The SMILES string of the molecule is COc1ccc(OC(C)C(=O)O)c(CC(C)N)c1. The predicted molar refractivity (Wildman–Crippen MR) is 68.1 cm³/mol. The van der Waals surface area contributed by atoms with Crippen LogP contribution in [0.5, 0.6) is 11.5 Å². The number of benzene rings is 1. The molecule has 0 heterocycles. The van der Waals surface area contributed by atoms with E-state index < -0.39 is 12.1 Å². The number of aliphatic carboxylic acids is 1. The molecule has 0 radical (unpaired) electrons. The first kappa shape index (κ1) is 14.3. The molecule has 0 aliphatic carbocycles. The lowest BCUT2D eigenvalue weighted by atomic mass is 10.1. The van der Waals surface area contributed by atoms with E-state index in [2.05, 4.69) is 0 Å². The molecule has 2 unspecified atom stereocenters. The summed E-state index contributed by atoms with van der Waals surface area (Å²) in [4.78, 5) is 10.8. The third-order valence-corrected chi connectivity index (χ3v) is 2.46. The molecular weight excluding hydrogens is 234 g/mol. The van der Waals surface area contributed by atoms with Crippen molar-refractivity contribution in [2.45, 2.75) is 32.4 Å². The maximum absolute atomic E-state index is 10.8. The average molecular weight is 253 g/mol. The van der Waals surface area contributed by atoms with Gasteiger partial charge in [-0.2, -0.15) is 0 Å². The molecule has 0 bridgehead atoms. The number of rotatable bonds is 6. The van der Waals surface area contributed by atoms with E-state index in [0.717, 1.165) is 5.56 Å². The second-order valence-corrected chi connectivity index (χ2v) is 4.25. The third kappa shape index (κ3) is 3.92. The first-order chi connectivity index (χ1) is 8.43. The highest BCUT2D eigenvalue weighted by Gasteiger charge is 2.15. The molecule has 2 atom stereocenters. The molecule has 0 saturated heterocycles. The smallest absolute Gasteiger partial charge is 0.344 e. The summed E-state index contributed by atoms with van der Waals surface area (Å²) >= 11 is 0. The number of ether oxygens (including phenoxy) is 2. The monoisotopic (exact) mass is 253 g/mol. The fourth-order valence-electron chi connectivity index (χ4n) is 1.55. The number of hydrogen-bond acceptors (Lipinski definition) is 4. The van der Waals surface area contributed by atoms with Crippen molar-refractivity contribution < 1.29 is 19.4 Å². The maximum Gasteiger partial charge on any atom is 0.344 e. The maximum atomic E-state index is 10.8. The van der Waals surface area contributed by atoms with Gasteiger partial charge in [-0.05, 0) is 44.0 Å². The highest BCUT2D eigenvalue weighted by atomic mass is 16.5. The molecule has 0 aromatic heterocycles. The molecule has 0 saturated carbocycles. The van der Waals surface area contributed by atoms with Crippen molar-refractivity contribution in [3.63, 3.8) is 0 Å². The second-order valence-electron chi connectivity index (χ2n) is 4.25. The fraction of sp³-hybridized carbons (Fsp3) is 0.462. The molecule has 0 aliphatic rings. The molecule has 100 valence electrons. The molecule has 0 amide bonds. The van der Waals surface area contributed by atoms with Gasteiger partial charge in [0.1, 0.15) is 11.5 Å². The van der Waals surface area contributed by atoms with Crippen LogP contribution in [0.3, 0.4) is 0 Å². The molecule has 1 aromatic rings. The number of carboxylic acids is 1. The highest BCUT2D eigenvalue weighted by molar-refractivity contribution is 5.72. The number of hydrogen-bond donors (Lipinski definition) is 2. The Morgan fingerprint density at radius 1 is 1.44 bits per heavy atom. The molecule has 0 spiro atoms. The van der Waals surface area contributed by atoms with Gasteiger partial charge in [-0.25, -0.2) is 4.79 Å². The van der Waals surface area contributed by atoms with Crippen molar-refractivity contribution in [3.8, 4) is 11.5 Å². The van der Waals surface area contributed by atoms with E-state index in [1.165, 1.54) is 6.92 Å². The Bertz CT molecular complexity index is 417. The van der Waals surface area contributed by atoms with Crippen molar-refractivity contribution in [1.29, 1.82) is 0 Å². The number of nitrogens with two attached hydrogens (primary N) is 1. The molecule has 0 aliphatic heterocycles. The molecule has 18 heavy (non-hydrogen) atoms. The van der Waals surface area contributed by atoms with Gasteiger partial charge in [-0.15, -0.1) is 0 Å². The summed E-state index contributed by atoms with van der Waals surface area (Å²) < 4.78 is 10.5. The minimum Gasteiger partial charge on any atom is -0.497 e. The Morgan fingerprint density at radius 2 is 2.11 bits per heavy atom. The number of methoxy groups -OCH3 is 1. The number of carboxylic acid groups (broad SMARTS) is 1. The van der Waals surface area contributed by atoms with Gasteiger partial charge in [0.15, 0.2) is 6.10 Å². The van der Waals surface area contributed by atoms with Crippen LogP contribution in [0.1, 0.15) is 19.4 Å². The van der Waals surface area contributed by atoms with Crippen LogP contribution in [0, 0.1) is 0 Å². The van der Waals surface area contributed by atoms with E-state index in [1.807, 2.05) is 13.0 Å².